The lowest BCUT2D eigenvalue weighted by molar-refractivity contribution is -0.142. The van der Waals surface area contributed by atoms with E-state index in [0.717, 1.165) is 13.0 Å². The van der Waals surface area contributed by atoms with Gasteiger partial charge in [0.1, 0.15) is 6.61 Å². The minimum atomic E-state index is -0.284. The van der Waals surface area contributed by atoms with Crippen LogP contribution in [-0.4, -0.2) is 52.2 Å². The predicted octanol–water partition coefficient (Wildman–Crippen LogP) is 1.65. The summed E-state index contributed by atoms with van der Waals surface area (Å²) in [6.45, 7) is 9.48. The molecular weight excluding hydrogens is 236 g/mol. The van der Waals surface area contributed by atoms with Gasteiger partial charge in [0, 0.05) is 13.5 Å². The maximum absolute atomic E-state index is 10.4. The quantitative estimate of drug-likeness (QED) is 0.395. The minimum Gasteiger partial charge on any atom is -0.463 e. The van der Waals surface area contributed by atoms with Crippen molar-refractivity contribution >= 4 is 5.97 Å². The molecule has 0 N–H and O–H groups in total. The van der Waals surface area contributed by atoms with Gasteiger partial charge in [0.05, 0.1) is 33.0 Å². The zero-order valence-corrected chi connectivity index (χ0v) is 11.8. The molecule has 108 valence electrons. The standard InChI is InChI=1S/C13H26O5/c1-12(2)4-5-15-6-7-16-8-9-17-10-11-18-13(3)14/h12H,4-11H2,1-3H3. The first kappa shape index (κ1) is 17.4. The maximum Gasteiger partial charge on any atom is 0.302 e. The molecule has 0 rings (SSSR count). The molecule has 0 saturated heterocycles. The van der Waals surface area contributed by atoms with Gasteiger partial charge in [0.15, 0.2) is 0 Å². The predicted molar refractivity (Wildman–Crippen MR) is 68.5 cm³/mol. The molecule has 18 heavy (non-hydrogen) atoms. The molecule has 5 nitrogen and oxygen atoms in total. The zero-order chi connectivity index (χ0) is 13.6. The number of hydrogen-bond donors (Lipinski definition) is 0. The number of carbonyl (C=O) groups is 1. The van der Waals surface area contributed by atoms with Crippen molar-refractivity contribution in [2.75, 3.05) is 46.2 Å². The van der Waals surface area contributed by atoms with E-state index < -0.39 is 0 Å². The number of carbonyl (C=O) groups excluding carboxylic acids is 1. The molecule has 0 atom stereocenters. The summed E-state index contributed by atoms with van der Waals surface area (Å²) in [7, 11) is 0. The minimum absolute atomic E-state index is 0.284. The molecule has 0 aliphatic carbocycles. The van der Waals surface area contributed by atoms with Crippen LogP contribution in [0.5, 0.6) is 0 Å². The summed E-state index contributed by atoms with van der Waals surface area (Å²) in [6, 6.07) is 0. The van der Waals surface area contributed by atoms with Crippen LogP contribution in [0.4, 0.5) is 0 Å². The van der Waals surface area contributed by atoms with Gasteiger partial charge in [-0.25, -0.2) is 0 Å². The molecule has 0 bridgehead atoms. The fraction of sp³-hybridized carbons (Fsp3) is 0.923. The Morgan fingerprint density at radius 1 is 0.833 bits per heavy atom. The van der Waals surface area contributed by atoms with Gasteiger partial charge < -0.3 is 18.9 Å². The van der Waals surface area contributed by atoms with Crippen molar-refractivity contribution in [1.82, 2.24) is 0 Å². The molecule has 0 saturated carbocycles. The van der Waals surface area contributed by atoms with E-state index in [0.29, 0.717) is 45.6 Å². The summed E-state index contributed by atoms with van der Waals surface area (Å²) in [6.07, 6.45) is 1.08. The normalized spacial score (nSPS) is 10.9. The largest absolute Gasteiger partial charge is 0.463 e. The van der Waals surface area contributed by atoms with Crippen LogP contribution >= 0.6 is 0 Å². The fourth-order valence-electron chi connectivity index (χ4n) is 1.11. The van der Waals surface area contributed by atoms with E-state index in [1.165, 1.54) is 6.92 Å². The van der Waals surface area contributed by atoms with E-state index in [4.69, 9.17) is 18.9 Å². The van der Waals surface area contributed by atoms with Gasteiger partial charge in [-0.05, 0) is 12.3 Å². The number of hydrogen-bond acceptors (Lipinski definition) is 5. The van der Waals surface area contributed by atoms with E-state index in [9.17, 15) is 4.79 Å². The summed E-state index contributed by atoms with van der Waals surface area (Å²) in [4.78, 5) is 10.4. The molecule has 0 aromatic carbocycles. The Morgan fingerprint density at radius 2 is 1.28 bits per heavy atom. The van der Waals surface area contributed by atoms with Crippen LogP contribution in [0.3, 0.4) is 0 Å². The first-order valence-electron chi connectivity index (χ1n) is 6.49. The summed E-state index contributed by atoms with van der Waals surface area (Å²) in [5.74, 6) is 0.393. The third kappa shape index (κ3) is 15.4. The van der Waals surface area contributed by atoms with Crippen molar-refractivity contribution in [2.24, 2.45) is 5.92 Å². The number of rotatable bonds is 12. The van der Waals surface area contributed by atoms with Crippen LogP contribution in [0.1, 0.15) is 27.2 Å². The zero-order valence-electron chi connectivity index (χ0n) is 11.8. The Labute approximate surface area is 110 Å². The van der Waals surface area contributed by atoms with Crippen molar-refractivity contribution in [3.8, 4) is 0 Å². The summed E-state index contributed by atoms with van der Waals surface area (Å²) < 4.78 is 20.6. The van der Waals surface area contributed by atoms with E-state index >= 15 is 0 Å². The summed E-state index contributed by atoms with van der Waals surface area (Å²) in [5.41, 5.74) is 0. The van der Waals surface area contributed by atoms with Crippen LogP contribution in [-0.2, 0) is 23.7 Å². The molecule has 0 spiro atoms. The smallest absolute Gasteiger partial charge is 0.302 e. The van der Waals surface area contributed by atoms with Crippen molar-refractivity contribution in [3.63, 3.8) is 0 Å². The van der Waals surface area contributed by atoms with Crippen LogP contribution < -0.4 is 0 Å². The Bertz CT molecular complexity index is 194. The Hall–Kier alpha value is -0.650. The molecule has 0 aromatic rings. The fourth-order valence-corrected chi connectivity index (χ4v) is 1.11. The SMILES string of the molecule is CC(=O)OCCOCCOCCOCCC(C)C. The average Bonchev–Trinajstić information content (AvgIpc) is 2.29. The molecule has 0 radical (unpaired) electrons. The van der Waals surface area contributed by atoms with Gasteiger partial charge in [0.2, 0.25) is 0 Å². The molecule has 5 heteroatoms. The molecule has 0 aliphatic rings. The molecule has 0 unspecified atom stereocenters. The highest BCUT2D eigenvalue weighted by molar-refractivity contribution is 5.65. The van der Waals surface area contributed by atoms with Gasteiger partial charge in [-0.3, -0.25) is 4.79 Å². The van der Waals surface area contributed by atoms with E-state index in [-0.39, 0.29) is 5.97 Å². The molecule has 0 aromatic heterocycles. The molecule has 0 heterocycles. The first-order valence-corrected chi connectivity index (χ1v) is 6.49. The first-order chi connectivity index (χ1) is 8.63. The molecule has 0 amide bonds. The Balaban J connectivity index is 2.97. The van der Waals surface area contributed by atoms with Crippen molar-refractivity contribution in [2.45, 2.75) is 27.2 Å². The van der Waals surface area contributed by atoms with Gasteiger partial charge in [-0.15, -0.1) is 0 Å². The highest BCUT2D eigenvalue weighted by Crippen LogP contribution is 1.98. The Kier molecular flexibility index (Phi) is 12.3. The van der Waals surface area contributed by atoms with Crippen molar-refractivity contribution in [3.05, 3.63) is 0 Å². The average molecular weight is 262 g/mol. The highest BCUT2D eigenvalue weighted by atomic mass is 16.6. The van der Waals surface area contributed by atoms with Gasteiger partial charge >= 0.3 is 5.97 Å². The molecule has 0 fully saturated rings. The van der Waals surface area contributed by atoms with Gasteiger partial charge in [-0.1, -0.05) is 13.8 Å². The maximum atomic E-state index is 10.4. The lowest BCUT2D eigenvalue weighted by Crippen LogP contribution is -2.13. The number of ether oxygens (including phenoxy) is 4. The third-order valence-electron chi connectivity index (χ3n) is 2.12. The second-order valence-electron chi connectivity index (χ2n) is 4.36. The second-order valence-corrected chi connectivity index (χ2v) is 4.36. The van der Waals surface area contributed by atoms with Crippen molar-refractivity contribution < 1.29 is 23.7 Å². The van der Waals surface area contributed by atoms with Crippen LogP contribution in [0.25, 0.3) is 0 Å². The van der Waals surface area contributed by atoms with Gasteiger partial charge in [-0.2, -0.15) is 0 Å². The monoisotopic (exact) mass is 262 g/mol. The van der Waals surface area contributed by atoms with E-state index in [1.807, 2.05) is 0 Å². The van der Waals surface area contributed by atoms with Crippen LogP contribution in [0.2, 0.25) is 0 Å². The third-order valence-corrected chi connectivity index (χ3v) is 2.12. The summed E-state index contributed by atoms with van der Waals surface area (Å²) >= 11 is 0. The Morgan fingerprint density at radius 3 is 1.72 bits per heavy atom. The lowest BCUT2D eigenvalue weighted by Gasteiger charge is -2.07. The number of esters is 1. The van der Waals surface area contributed by atoms with E-state index in [1.54, 1.807) is 0 Å². The molecule has 0 aliphatic heterocycles. The van der Waals surface area contributed by atoms with Crippen LogP contribution in [0.15, 0.2) is 0 Å². The second kappa shape index (κ2) is 12.8. The van der Waals surface area contributed by atoms with Crippen molar-refractivity contribution in [1.29, 1.82) is 0 Å². The van der Waals surface area contributed by atoms with Gasteiger partial charge in [0.25, 0.3) is 0 Å². The van der Waals surface area contributed by atoms with Crippen LogP contribution in [0, 0.1) is 5.92 Å². The topological polar surface area (TPSA) is 54.0 Å². The summed E-state index contributed by atoms with van der Waals surface area (Å²) in [5, 5.41) is 0. The lowest BCUT2D eigenvalue weighted by atomic mass is 10.1. The van der Waals surface area contributed by atoms with E-state index in [2.05, 4.69) is 13.8 Å². The highest BCUT2D eigenvalue weighted by Gasteiger charge is 1.95. The molecular formula is C13H26O5.